The molecule has 6 atom stereocenters. The number of hydrogen-bond acceptors (Lipinski definition) is 24. The first-order chi connectivity index (χ1) is 45.6. The first-order valence-corrected chi connectivity index (χ1v) is 36.8. The van der Waals surface area contributed by atoms with Crippen LogP contribution in [0.3, 0.4) is 0 Å². The number of aryl methyl sites for hydroxylation is 2. The number of ether oxygens (including phenoxy) is 4. The van der Waals surface area contributed by atoms with Crippen molar-refractivity contribution >= 4 is 148 Å². The van der Waals surface area contributed by atoms with Gasteiger partial charge in [-0.2, -0.15) is 10.1 Å². The molecule has 4 fully saturated rings. The molecular weight excluding hydrogens is 1420 g/mol. The summed E-state index contributed by atoms with van der Waals surface area (Å²) in [5.41, 5.74) is -1.04. The summed E-state index contributed by atoms with van der Waals surface area (Å²) in [6.07, 6.45) is 1.78. The minimum Gasteiger partial charge on any atom is -0.444 e. The van der Waals surface area contributed by atoms with E-state index in [9.17, 15) is 27.6 Å². The first-order valence-electron chi connectivity index (χ1n) is 32.1. The van der Waals surface area contributed by atoms with Crippen LogP contribution in [0, 0.1) is 41.3 Å². The number of aromatic amines is 3. The van der Waals surface area contributed by atoms with Crippen LogP contribution in [0.2, 0.25) is 0 Å². The van der Waals surface area contributed by atoms with Crippen LogP contribution < -0.4 is 81.6 Å². The Morgan fingerprint density at radius 3 is 1.40 bits per heavy atom. The van der Waals surface area contributed by atoms with Crippen LogP contribution >= 0.6 is 46.7 Å². The average molecular weight is 1510 g/mol. The number of sulfone groups is 1. The van der Waals surface area contributed by atoms with Crippen LogP contribution in [0.4, 0.5) is 51.0 Å². The Morgan fingerprint density at radius 1 is 0.640 bits per heavy atom. The number of alkyl carbamates (subject to hydrolysis) is 2. The van der Waals surface area contributed by atoms with E-state index in [1.807, 2.05) is 39.5 Å². The van der Waals surface area contributed by atoms with E-state index in [1.165, 1.54) is 75.5 Å². The summed E-state index contributed by atoms with van der Waals surface area (Å²) in [6, 6.07) is 5.17. The van der Waals surface area contributed by atoms with E-state index in [1.54, 1.807) is 90.1 Å². The largest absolute Gasteiger partial charge is 1.00 e. The van der Waals surface area contributed by atoms with Crippen molar-refractivity contribution in [3.8, 4) is 0 Å². The zero-order valence-electron chi connectivity index (χ0n) is 60.3. The van der Waals surface area contributed by atoms with Gasteiger partial charge in [0.2, 0.25) is 9.84 Å². The number of fused-ring (bicyclic) bond motifs is 10. The average Bonchev–Trinajstić information content (AvgIpc) is 1.57. The third kappa shape index (κ3) is 20.2. The van der Waals surface area contributed by atoms with Crippen LogP contribution in [0.15, 0.2) is 38.9 Å². The third-order valence-corrected chi connectivity index (χ3v) is 19.2. The molecule has 35 heteroatoms. The fraction of sp³-hybridized carbons (Fsp3) is 0.569. The van der Waals surface area contributed by atoms with E-state index in [4.69, 9.17) is 46.2 Å². The summed E-state index contributed by atoms with van der Waals surface area (Å²) < 4.78 is 79.0. The van der Waals surface area contributed by atoms with Gasteiger partial charge in [0.15, 0.2) is 13.5 Å². The van der Waals surface area contributed by atoms with E-state index in [0.29, 0.717) is 84.6 Å². The minimum atomic E-state index is -3.81. The van der Waals surface area contributed by atoms with Crippen molar-refractivity contribution < 1.29 is 112 Å². The monoisotopic (exact) mass is 1510 g/mol. The van der Waals surface area contributed by atoms with Gasteiger partial charge in [-0.15, -0.1) is 10.2 Å². The number of hydrogen-bond donors (Lipinski definition) is 6. The van der Waals surface area contributed by atoms with Gasteiger partial charge in [-0.1, -0.05) is 22.7 Å². The molecule has 2 saturated carbocycles. The van der Waals surface area contributed by atoms with Gasteiger partial charge in [0, 0.05) is 68.4 Å². The number of benzene rings is 2. The fourth-order valence-corrected chi connectivity index (χ4v) is 15.1. The van der Waals surface area contributed by atoms with E-state index >= 15 is 8.78 Å². The molecule has 4 amide bonds. The predicted molar refractivity (Wildman–Crippen MR) is 382 cm³/mol. The van der Waals surface area contributed by atoms with Crippen molar-refractivity contribution in [1.29, 1.82) is 0 Å². The fourth-order valence-electron chi connectivity index (χ4n) is 12.0. The molecule has 6 aromatic heterocycles. The van der Waals surface area contributed by atoms with Crippen LogP contribution in [-0.4, -0.2) is 174 Å². The molecule has 4 bridgehead atoms. The first kappa shape index (κ1) is 79.7. The maximum Gasteiger partial charge on any atom is 1.00 e. The maximum absolute atomic E-state index is 15.3. The van der Waals surface area contributed by atoms with Gasteiger partial charge in [-0.05, 0) is 203 Å². The number of aromatic nitrogens is 10. The summed E-state index contributed by atoms with van der Waals surface area (Å²) >= 11 is 8.98. The molecule has 100 heavy (non-hydrogen) atoms. The summed E-state index contributed by atoms with van der Waals surface area (Å²) in [7, 11) is -0.786. The number of H-pyrrole nitrogens is 3. The number of carbonyl (C=O) groups excluding carboxylic acids is 4. The standard InChI is InChI=1S/C30H37FN8O4S2.C28H37FN6O6S.C4H10O.C3H4N2S2.K/c1-14-36-37-27(44-14)45-25-34-23-21(18-10-16(31)11-20(22(18)33-23)38(8)28(41)43-30(5,6)7)24(35-25)39-13-15-9-17(39)12-19(15)32-26(40)42-29(2,3)4;1-27(2,3)40-25(36)30-18-12-16-9-14(18)13-35(16)23-20-17-10-15(29)11-19(34(7)26(37)41-28(4,5)6)21(17)31-22(20)32-24(33-23)42(8,38)39;1-4(2,3)5;1-2-4-5-3(6)7-2;/h10-11,15,17,19H,9,12-13H2,1-8H3,(H,32,40)(H,33,34,35);10-11,14,16,18H,9,12-13H2,1-8H3,(H,30,36)(H,31,32,33);5H,1-3H3;1H3,(H,5,6);/q;;;;+1/t15-,17-,19-;14-,16-,18-;;;/m11.../s1. The second-order valence-corrected chi connectivity index (χ2v) is 36.2. The van der Waals surface area contributed by atoms with Gasteiger partial charge in [0.05, 0.1) is 38.8 Å². The van der Waals surface area contributed by atoms with Crippen molar-refractivity contribution in [3.05, 3.63) is 49.9 Å². The third-order valence-electron chi connectivity index (χ3n) is 15.6. The zero-order chi connectivity index (χ0) is 73.1. The normalized spacial score (nSPS) is 18.9. The van der Waals surface area contributed by atoms with Crippen LogP contribution in [0.25, 0.3) is 43.9 Å². The summed E-state index contributed by atoms with van der Waals surface area (Å²) in [5.74, 6) is 0.167. The number of nitrogens with one attached hydrogen (secondary N) is 5. The summed E-state index contributed by atoms with van der Waals surface area (Å²) in [5, 5.41) is 33.3. The number of carbonyl (C=O) groups is 4. The number of aliphatic hydroxyl groups is 1. The molecular formula is C65H88F2KN16O11S5+. The minimum absolute atomic E-state index is 0. The van der Waals surface area contributed by atoms with E-state index in [-0.39, 0.29) is 104 Å². The molecule has 27 nitrogen and oxygen atoms in total. The Morgan fingerprint density at radius 2 is 1.06 bits per heavy atom. The molecule has 4 aliphatic rings. The Kier molecular flexibility index (Phi) is 24.2. The van der Waals surface area contributed by atoms with Gasteiger partial charge < -0.3 is 54.5 Å². The number of anilines is 4. The second kappa shape index (κ2) is 30.4. The van der Waals surface area contributed by atoms with Crippen LogP contribution in [0.1, 0.15) is 140 Å². The SMILES string of the molecule is CC(C)(C)O.CN(C(=O)OC(C)(C)C)c1cc(F)cc2c1[nH]c1nc(S(C)(=O)=O)nc(N3C[C@H]4C[C@@H]3C[C@H]4NC(=O)OC(C)(C)C)c12.Cc1n[nH]c(=S)s1.Cc1nnc(Sc2nc(N3C[C@H]4C[C@@H]3C[C@H]4NC(=O)OC(C)(C)C)c3c(n2)[nH]c2c(N(C)C(=O)OC(C)(C)C)cc(F)cc23)s1.[K+]. The van der Waals surface area contributed by atoms with Crippen molar-refractivity contribution in [2.45, 2.75) is 210 Å². The smallest absolute Gasteiger partial charge is 0.444 e. The quantitative estimate of drug-likeness (QED) is 0.0338. The van der Waals surface area contributed by atoms with E-state index in [2.05, 4.69) is 55.9 Å². The van der Waals surface area contributed by atoms with Crippen LogP contribution in [0.5, 0.6) is 0 Å². The van der Waals surface area contributed by atoms with E-state index < -0.39 is 73.8 Å². The van der Waals surface area contributed by atoms with Crippen molar-refractivity contribution in [2.24, 2.45) is 11.8 Å². The predicted octanol–water partition coefficient (Wildman–Crippen LogP) is 10.2. The van der Waals surface area contributed by atoms with Gasteiger partial charge in [-0.25, -0.2) is 51.3 Å². The molecule has 0 radical (unpaired) electrons. The molecule has 6 N–H and O–H groups in total. The number of halogens is 2. The topological polar surface area (TPSA) is 334 Å². The van der Waals surface area contributed by atoms with Gasteiger partial charge in [0.25, 0.3) is 5.16 Å². The summed E-state index contributed by atoms with van der Waals surface area (Å²) in [6.45, 7) is 31.6. The van der Waals surface area contributed by atoms with Crippen molar-refractivity contribution in [2.75, 3.05) is 53.0 Å². The van der Waals surface area contributed by atoms with Crippen LogP contribution in [-0.2, 0) is 28.8 Å². The van der Waals surface area contributed by atoms with Crippen molar-refractivity contribution in [3.63, 3.8) is 0 Å². The van der Waals surface area contributed by atoms with E-state index in [0.717, 1.165) is 39.5 Å². The Bertz CT molecular complexity index is 4550. The number of piperidine rings is 2. The Hall–Kier alpha value is -6.02. The molecule has 8 aromatic rings. The molecule has 8 heterocycles. The Labute approximate surface area is 639 Å². The van der Waals surface area contributed by atoms with Crippen molar-refractivity contribution in [1.82, 2.24) is 60.9 Å². The molecule has 2 aliphatic carbocycles. The molecule has 0 spiro atoms. The zero-order valence-corrected chi connectivity index (χ0v) is 67.5. The molecule has 12 rings (SSSR count). The number of nitrogens with zero attached hydrogens (tertiary/aromatic N) is 11. The van der Waals surface area contributed by atoms with Gasteiger partial charge in [0.1, 0.15) is 67.0 Å². The maximum atomic E-state index is 15.3. The van der Waals surface area contributed by atoms with Gasteiger partial charge >= 0.3 is 75.8 Å². The van der Waals surface area contributed by atoms with Gasteiger partial charge in [-0.3, -0.25) is 14.9 Å². The molecule has 538 valence electrons. The Balaban J connectivity index is 0.000000216. The molecule has 2 aromatic carbocycles. The number of rotatable bonds is 9. The molecule has 0 unspecified atom stereocenters. The molecule has 2 saturated heterocycles. The molecule has 2 aliphatic heterocycles. The summed E-state index contributed by atoms with van der Waals surface area (Å²) in [4.78, 5) is 82.6. The number of amides is 4. The second-order valence-electron chi connectivity index (χ2n) is 30.0.